The zero-order chi connectivity index (χ0) is 10.4. The SMILES string of the molecule is CC(C)NCC(NC(C)C)C(C)C. The van der Waals surface area contributed by atoms with Crippen LogP contribution in [0.5, 0.6) is 0 Å². The third-order valence-electron chi connectivity index (χ3n) is 2.10. The van der Waals surface area contributed by atoms with E-state index in [1.54, 1.807) is 0 Å². The van der Waals surface area contributed by atoms with Crippen LogP contribution in [0.1, 0.15) is 41.5 Å². The van der Waals surface area contributed by atoms with E-state index in [9.17, 15) is 0 Å². The average Bonchev–Trinajstić information content (AvgIpc) is 1.96. The molecule has 80 valence electrons. The standard InChI is InChI=1S/C11H26N2/c1-8(2)11(13-10(5)6)7-12-9(3)4/h8-13H,7H2,1-6H3. The lowest BCUT2D eigenvalue weighted by Gasteiger charge is -2.26. The van der Waals surface area contributed by atoms with Crippen LogP contribution in [0.3, 0.4) is 0 Å². The normalized spacial score (nSPS) is 14.5. The van der Waals surface area contributed by atoms with E-state index in [1.807, 2.05) is 0 Å². The molecule has 0 aliphatic carbocycles. The Morgan fingerprint density at radius 1 is 0.846 bits per heavy atom. The highest BCUT2D eigenvalue weighted by atomic mass is 15.0. The van der Waals surface area contributed by atoms with Gasteiger partial charge in [0.25, 0.3) is 0 Å². The molecule has 0 saturated carbocycles. The summed E-state index contributed by atoms with van der Waals surface area (Å²) < 4.78 is 0. The van der Waals surface area contributed by atoms with E-state index in [-0.39, 0.29) is 0 Å². The summed E-state index contributed by atoms with van der Waals surface area (Å²) in [7, 11) is 0. The van der Waals surface area contributed by atoms with Gasteiger partial charge in [-0.1, -0.05) is 41.5 Å². The van der Waals surface area contributed by atoms with E-state index >= 15 is 0 Å². The average molecular weight is 186 g/mol. The monoisotopic (exact) mass is 186 g/mol. The van der Waals surface area contributed by atoms with Crippen molar-refractivity contribution >= 4 is 0 Å². The van der Waals surface area contributed by atoms with Crippen molar-refractivity contribution in [3.8, 4) is 0 Å². The third kappa shape index (κ3) is 7.03. The van der Waals surface area contributed by atoms with Gasteiger partial charge in [0.05, 0.1) is 0 Å². The molecule has 0 aromatic heterocycles. The molecule has 13 heavy (non-hydrogen) atoms. The Labute approximate surface area is 83.5 Å². The van der Waals surface area contributed by atoms with E-state index < -0.39 is 0 Å². The van der Waals surface area contributed by atoms with E-state index in [0.29, 0.717) is 24.0 Å². The smallest absolute Gasteiger partial charge is 0.0217 e. The maximum atomic E-state index is 3.57. The van der Waals surface area contributed by atoms with Crippen LogP contribution in [0.2, 0.25) is 0 Å². The number of rotatable bonds is 6. The van der Waals surface area contributed by atoms with Crippen molar-refractivity contribution in [3.05, 3.63) is 0 Å². The van der Waals surface area contributed by atoms with E-state index in [1.165, 1.54) is 0 Å². The molecule has 2 N–H and O–H groups in total. The fourth-order valence-electron chi connectivity index (χ4n) is 1.28. The second kappa shape index (κ2) is 6.39. The molecule has 1 atom stereocenters. The van der Waals surface area contributed by atoms with Crippen LogP contribution in [0.4, 0.5) is 0 Å². The van der Waals surface area contributed by atoms with Gasteiger partial charge in [-0.05, 0) is 5.92 Å². The molecule has 0 fully saturated rings. The van der Waals surface area contributed by atoms with Crippen molar-refractivity contribution in [2.45, 2.75) is 59.7 Å². The predicted octanol–water partition coefficient (Wildman–Crippen LogP) is 2.01. The Bertz CT molecular complexity index is 119. The van der Waals surface area contributed by atoms with Crippen LogP contribution in [-0.4, -0.2) is 24.7 Å². The summed E-state index contributed by atoms with van der Waals surface area (Å²) in [5.41, 5.74) is 0. The van der Waals surface area contributed by atoms with Crippen molar-refractivity contribution in [1.29, 1.82) is 0 Å². The van der Waals surface area contributed by atoms with Gasteiger partial charge < -0.3 is 10.6 Å². The van der Waals surface area contributed by atoms with Gasteiger partial charge in [-0.15, -0.1) is 0 Å². The van der Waals surface area contributed by atoms with Gasteiger partial charge in [0.1, 0.15) is 0 Å². The Kier molecular flexibility index (Phi) is 6.35. The fraction of sp³-hybridized carbons (Fsp3) is 1.00. The third-order valence-corrected chi connectivity index (χ3v) is 2.10. The Morgan fingerprint density at radius 3 is 1.69 bits per heavy atom. The fourth-order valence-corrected chi connectivity index (χ4v) is 1.28. The van der Waals surface area contributed by atoms with Gasteiger partial charge in [0, 0.05) is 24.7 Å². The zero-order valence-electron chi connectivity index (χ0n) is 10.0. The lowest BCUT2D eigenvalue weighted by atomic mass is 10.0. The van der Waals surface area contributed by atoms with Gasteiger partial charge >= 0.3 is 0 Å². The zero-order valence-corrected chi connectivity index (χ0v) is 10.0. The molecule has 0 aromatic rings. The molecule has 0 radical (unpaired) electrons. The van der Waals surface area contributed by atoms with Crippen molar-refractivity contribution in [3.63, 3.8) is 0 Å². The quantitative estimate of drug-likeness (QED) is 0.663. The number of nitrogens with one attached hydrogen (secondary N) is 2. The summed E-state index contributed by atoms with van der Waals surface area (Å²) in [6.07, 6.45) is 0. The maximum absolute atomic E-state index is 3.57. The minimum atomic E-state index is 0.571. The first-order valence-corrected chi connectivity index (χ1v) is 5.43. The van der Waals surface area contributed by atoms with Crippen molar-refractivity contribution in [1.82, 2.24) is 10.6 Å². The van der Waals surface area contributed by atoms with Crippen molar-refractivity contribution in [2.75, 3.05) is 6.54 Å². The summed E-state index contributed by atoms with van der Waals surface area (Å²) in [5, 5.41) is 7.04. The van der Waals surface area contributed by atoms with Crippen LogP contribution in [0, 0.1) is 5.92 Å². The van der Waals surface area contributed by atoms with E-state index in [4.69, 9.17) is 0 Å². The van der Waals surface area contributed by atoms with Gasteiger partial charge in [-0.2, -0.15) is 0 Å². The number of hydrogen-bond acceptors (Lipinski definition) is 2. The summed E-state index contributed by atoms with van der Waals surface area (Å²) >= 11 is 0. The first-order chi connectivity index (χ1) is 5.93. The van der Waals surface area contributed by atoms with Crippen LogP contribution >= 0.6 is 0 Å². The maximum Gasteiger partial charge on any atom is 0.0217 e. The van der Waals surface area contributed by atoms with Crippen LogP contribution in [0.15, 0.2) is 0 Å². The molecule has 0 aromatic carbocycles. The molecular formula is C11H26N2. The van der Waals surface area contributed by atoms with Gasteiger partial charge in [0.2, 0.25) is 0 Å². The molecule has 0 saturated heterocycles. The minimum absolute atomic E-state index is 0.571. The van der Waals surface area contributed by atoms with Gasteiger partial charge in [-0.3, -0.25) is 0 Å². The van der Waals surface area contributed by atoms with E-state index in [0.717, 1.165) is 6.54 Å². The Hall–Kier alpha value is -0.0800. The molecule has 0 rings (SSSR count). The minimum Gasteiger partial charge on any atom is -0.313 e. The van der Waals surface area contributed by atoms with Crippen molar-refractivity contribution in [2.24, 2.45) is 5.92 Å². The Balaban J connectivity index is 3.81. The molecule has 2 nitrogen and oxygen atoms in total. The Morgan fingerprint density at radius 2 is 1.38 bits per heavy atom. The van der Waals surface area contributed by atoms with Crippen LogP contribution in [-0.2, 0) is 0 Å². The van der Waals surface area contributed by atoms with Crippen molar-refractivity contribution < 1.29 is 0 Å². The second-order valence-corrected chi connectivity index (χ2v) is 4.73. The lowest BCUT2D eigenvalue weighted by molar-refractivity contribution is 0.346. The highest BCUT2D eigenvalue weighted by molar-refractivity contribution is 4.75. The van der Waals surface area contributed by atoms with Crippen LogP contribution in [0.25, 0.3) is 0 Å². The number of hydrogen-bond donors (Lipinski definition) is 2. The predicted molar refractivity (Wildman–Crippen MR) is 60.0 cm³/mol. The molecule has 0 aliphatic rings. The van der Waals surface area contributed by atoms with Gasteiger partial charge in [-0.25, -0.2) is 0 Å². The topological polar surface area (TPSA) is 24.1 Å². The van der Waals surface area contributed by atoms with Crippen LogP contribution < -0.4 is 10.6 Å². The highest BCUT2D eigenvalue weighted by Gasteiger charge is 2.13. The summed E-state index contributed by atoms with van der Waals surface area (Å²) in [6.45, 7) is 14.4. The van der Waals surface area contributed by atoms with Gasteiger partial charge in [0.15, 0.2) is 0 Å². The largest absolute Gasteiger partial charge is 0.313 e. The molecule has 0 heterocycles. The molecule has 1 unspecified atom stereocenters. The first kappa shape index (κ1) is 12.9. The first-order valence-electron chi connectivity index (χ1n) is 5.43. The molecule has 0 amide bonds. The highest BCUT2D eigenvalue weighted by Crippen LogP contribution is 2.01. The second-order valence-electron chi connectivity index (χ2n) is 4.73. The summed E-state index contributed by atoms with van der Waals surface area (Å²) in [4.78, 5) is 0. The molecule has 2 heteroatoms. The molecular weight excluding hydrogens is 160 g/mol. The lowest BCUT2D eigenvalue weighted by Crippen LogP contribution is -2.46. The summed E-state index contributed by atoms with van der Waals surface area (Å²) in [5.74, 6) is 0.689. The molecule has 0 aliphatic heterocycles. The summed E-state index contributed by atoms with van der Waals surface area (Å²) in [6, 6.07) is 1.74. The molecule has 0 spiro atoms. The van der Waals surface area contributed by atoms with E-state index in [2.05, 4.69) is 52.2 Å². The molecule has 0 bridgehead atoms.